The molecular weight excluding hydrogens is 516 g/mol. The van der Waals surface area contributed by atoms with Gasteiger partial charge in [-0.05, 0) is 79.6 Å². The molecule has 0 unspecified atom stereocenters. The van der Waals surface area contributed by atoms with Crippen LogP contribution < -0.4 is 9.47 Å². The number of halogens is 1. The standard InChI is InChI=1S/C18H21ClO.C18H22O2.2H2/c2*1-18(2,3)17-10-13(12-19)8-9-16(17)14-6-5-7-15(11-14)20-4;;/h5-11H,12H2,1-4H3;5-11,19H,12H2,1-4H3;2*1H/i;;2*1+2T. The van der Waals surface area contributed by atoms with Crippen molar-refractivity contribution in [2.45, 2.75) is 64.9 Å². The Labute approximate surface area is 251 Å². The lowest BCUT2D eigenvalue weighted by atomic mass is 9.81. The van der Waals surface area contributed by atoms with Gasteiger partial charge in [-0.25, -0.2) is 0 Å². The lowest BCUT2D eigenvalue weighted by molar-refractivity contribution is 0.281. The molecule has 216 valence electrons. The minimum absolute atomic E-state index is 0.0175. The number of aliphatic hydroxyl groups is 1. The number of aliphatic hydroxyl groups excluding tert-OH is 1. The highest BCUT2D eigenvalue weighted by molar-refractivity contribution is 6.17. The van der Waals surface area contributed by atoms with E-state index in [1.807, 2.05) is 36.4 Å². The Hall–Kier alpha value is -3.27. The first-order chi connectivity index (χ1) is 20.9. The Balaban J connectivity index is 0.000000395. The van der Waals surface area contributed by atoms with Crippen LogP contribution in [0.15, 0.2) is 84.9 Å². The molecule has 0 aromatic heterocycles. The zero-order valence-corrected chi connectivity index (χ0v) is 25.9. The van der Waals surface area contributed by atoms with E-state index in [4.69, 9.17) is 27.0 Å². The summed E-state index contributed by atoms with van der Waals surface area (Å²) in [6.45, 7) is 13.3. The number of hydrogen-bond donors (Lipinski definition) is 1. The molecule has 0 bridgehead atoms. The van der Waals surface area contributed by atoms with Gasteiger partial charge in [-0.1, -0.05) is 102 Å². The molecule has 0 saturated carbocycles. The molecule has 4 aromatic carbocycles. The van der Waals surface area contributed by atoms with Crippen molar-refractivity contribution in [3.8, 4) is 33.8 Å². The monoisotopic (exact) mass is 570 g/mol. The Morgan fingerprint density at radius 3 is 1.45 bits per heavy atom. The lowest BCUT2D eigenvalue weighted by Gasteiger charge is -2.24. The van der Waals surface area contributed by atoms with E-state index < -0.39 is 0 Å². The van der Waals surface area contributed by atoms with E-state index >= 15 is 0 Å². The Bertz CT molecular complexity index is 1320. The highest BCUT2D eigenvalue weighted by atomic mass is 35.5. The molecular formula is C36H47ClO3. The van der Waals surface area contributed by atoms with Crippen LogP contribution in [0.5, 0.6) is 11.5 Å². The van der Waals surface area contributed by atoms with Crippen LogP contribution in [-0.2, 0) is 23.3 Å². The second-order valence-electron chi connectivity index (χ2n) is 12.0. The first kappa shape index (κ1) is 28.3. The van der Waals surface area contributed by atoms with E-state index in [0.29, 0.717) is 5.88 Å². The van der Waals surface area contributed by atoms with E-state index in [2.05, 4.69) is 90.1 Å². The van der Waals surface area contributed by atoms with Gasteiger partial charge in [0.25, 0.3) is 0 Å². The topological polar surface area (TPSA) is 38.7 Å². The zero-order valence-electron chi connectivity index (χ0n) is 29.1. The van der Waals surface area contributed by atoms with Crippen LogP contribution in [0.25, 0.3) is 22.3 Å². The van der Waals surface area contributed by atoms with E-state index in [9.17, 15) is 5.11 Å². The van der Waals surface area contributed by atoms with Crippen molar-refractivity contribution in [3.63, 3.8) is 0 Å². The first-order valence-electron chi connectivity index (χ1n) is 15.6. The molecule has 1 N–H and O–H groups in total. The quantitative estimate of drug-likeness (QED) is 0.234. The molecule has 0 aliphatic rings. The molecule has 0 radical (unpaired) electrons. The van der Waals surface area contributed by atoms with Crippen LogP contribution in [0.1, 0.15) is 69.7 Å². The maximum absolute atomic E-state index is 9.35. The van der Waals surface area contributed by atoms with Crippen LogP contribution in [0, 0.1) is 0 Å². The second-order valence-corrected chi connectivity index (χ2v) is 12.3. The van der Waals surface area contributed by atoms with Crippen LogP contribution in [0.3, 0.4) is 0 Å². The predicted molar refractivity (Wildman–Crippen MR) is 174 cm³/mol. The molecule has 4 aromatic rings. The van der Waals surface area contributed by atoms with Crippen molar-refractivity contribution < 1.29 is 20.5 Å². The molecule has 0 spiro atoms. The van der Waals surface area contributed by atoms with E-state index in [0.717, 1.165) is 28.2 Å². The summed E-state index contributed by atoms with van der Waals surface area (Å²) in [7, 11) is 3.37. The number of alkyl halides is 1. The predicted octanol–water partition coefficient (Wildman–Crippen LogP) is 10.0. The van der Waals surface area contributed by atoms with Gasteiger partial charge in [0.15, 0.2) is 0 Å². The van der Waals surface area contributed by atoms with Crippen molar-refractivity contribution in [2.24, 2.45) is 0 Å². The largest absolute Gasteiger partial charge is 0.497 e. The third-order valence-electron chi connectivity index (χ3n) is 6.88. The average molecular weight is 571 g/mol. The molecule has 0 saturated heterocycles. The Morgan fingerprint density at radius 1 is 0.650 bits per heavy atom. The van der Waals surface area contributed by atoms with Crippen molar-refractivity contribution in [2.75, 3.05) is 14.2 Å². The summed E-state index contributed by atoms with van der Waals surface area (Å²) in [4.78, 5) is 0. The van der Waals surface area contributed by atoms with Crippen LogP contribution >= 0.6 is 11.6 Å². The molecule has 40 heavy (non-hydrogen) atoms. The average Bonchev–Trinajstić information content (AvgIpc) is 3.05. The molecule has 0 amide bonds. The minimum atomic E-state index is 0.0175. The summed E-state index contributed by atoms with van der Waals surface area (Å²) in [6.07, 6.45) is 0. The highest BCUT2D eigenvalue weighted by Gasteiger charge is 2.20. The summed E-state index contributed by atoms with van der Waals surface area (Å²) in [5, 5.41) is 9.35. The normalized spacial score (nSPS) is 11.8. The van der Waals surface area contributed by atoms with Crippen molar-refractivity contribution in [1.82, 2.24) is 0 Å². The summed E-state index contributed by atoms with van der Waals surface area (Å²) >= 11 is 5.98. The summed E-state index contributed by atoms with van der Waals surface area (Å²) in [6, 6.07) is 28.9. The third kappa shape index (κ3) is 7.90. The smallest absolute Gasteiger partial charge is 0.119 e. The van der Waals surface area contributed by atoms with E-state index in [-0.39, 0.29) is 17.4 Å². The van der Waals surface area contributed by atoms with E-state index in [1.165, 1.54) is 27.8 Å². The summed E-state index contributed by atoms with van der Waals surface area (Å²) in [5.41, 5.74) is 9.48. The van der Waals surface area contributed by atoms with Gasteiger partial charge in [0.2, 0.25) is 0 Å². The van der Waals surface area contributed by atoms with Gasteiger partial charge in [-0.15, -0.1) is 11.6 Å². The fourth-order valence-corrected chi connectivity index (χ4v) is 4.86. The van der Waals surface area contributed by atoms with Crippen molar-refractivity contribution in [1.29, 1.82) is 0 Å². The van der Waals surface area contributed by atoms with Gasteiger partial charge in [0, 0.05) is 11.8 Å². The van der Waals surface area contributed by atoms with Crippen LogP contribution in [-0.4, -0.2) is 19.3 Å². The fraction of sp³-hybridized carbons (Fsp3) is 0.333. The number of benzene rings is 4. The van der Waals surface area contributed by atoms with Crippen molar-refractivity contribution >= 4 is 11.6 Å². The van der Waals surface area contributed by atoms with Crippen LogP contribution in [0.2, 0.25) is 0 Å². The number of ether oxygens (including phenoxy) is 2. The molecule has 0 aliphatic heterocycles. The fourth-order valence-electron chi connectivity index (χ4n) is 4.69. The third-order valence-corrected chi connectivity index (χ3v) is 7.19. The van der Waals surface area contributed by atoms with Gasteiger partial charge in [-0.2, -0.15) is 0 Å². The second kappa shape index (κ2) is 13.4. The highest BCUT2D eigenvalue weighted by Crippen LogP contribution is 2.36. The lowest BCUT2D eigenvalue weighted by Crippen LogP contribution is -2.13. The SMILES string of the molecule is COc1cccc(-c2ccc(CCl)cc2C(C)(C)C)c1.COc1cccc(-c2ccc(CO)cc2C(C)(C)C)c1.[3H][3H].[3H][3H]. The summed E-state index contributed by atoms with van der Waals surface area (Å²) < 4.78 is 30.6. The first-order valence-corrected chi connectivity index (χ1v) is 14.2. The Kier molecular flexibility index (Phi) is 9.46. The number of hydrogen-bond acceptors (Lipinski definition) is 3. The zero-order chi connectivity index (χ0) is 33.5. The molecule has 0 aliphatic carbocycles. The van der Waals surface area contributed by atoms with Gasteiger partial charge in [0.05, 0.1) is 20.8 Å². The molecule has 0 atom stereocenters. The van der Waals surface area contributed by atoms with Gasteiger partial charge < -0.3 is 14.6 Å². The molecule has 0 heterocycles. The van der Waals surface area contributed by atoms with Crippen molar-refractivity contribution in [3.05, 3.63) is 107 Å². The Morgan fingerprint density at radius 2 is 1.07 bits per heavy atom. The van der Waals surface area contributed by atoms with Gasteiger partial charge in [0.1, 0.15) is 11.5 Å². The minimum Gasteiger partial charge on any atom is -0.497 e. The number of rotatable bonds is 6. The maximum atomic E-state index is 9.35. The molecule has 0 fully saturated rings. The van der Waals surface area contributed by atoms with E-state index in [1.54, 1.807) is 14.2 Å². The molecule has 3 nitrogen and oxygen atoms in total. The van der Waals surface area contributed by atoms with Gasteiger partial charge in [-0.3, -0.25) is 0 Å². The molecule has 4 rings (SSSR count). The van der Waals surface area contributed by atoms with Crippen LogP contribution in [0.4, 0.5) is 0 Å². The maximum Gasteiger partial charge on any atom is 0.119 e. The molecule has 4 heteroatoms. The number of methoxy groups -OCH3 is 2. The van der Waals surface area contributed by atoms with Gasteiger partial charge >= 0.3 is 0 Å². The summed E-state index contributed by atoms with van der Waals surface area (Å²) in [5.74, 6) is 2.28.